The number of benzene rings is 1. The van der Waals surface area contributed by atoms with Crippen molar-refractivity contribution < 1.29 is 23.1 Å². The van der Waals surface area contributed by atoms with E-state index in [4.69, 9.17) is 5.11 Å². The van der Waals surface area contributed by atoms with Crippen LogP contribution in [0.15, 0.2) is 30.3 Å². The number of aliphatic carboxylic acids is 1. The number of carbonyl (C=O) groups is 1. The smallest absolute Gasteiger partial charge is 0.406 e. The van der Waals surface area contributed by atoms with Crippen molar-refractivity contribution >= 4 is 5.97 Å². The van der Waals surface area contributed by atoms with Crippen LogP contribution in [-0.4, -0.2) is 35.2 Å². The van der Waals surface area contributed by atoms with E-state index in [0.29, 0.717) is 6.54 Å². The maximum Gasteiger partial charge on any atom is 0.406 e. The third-order valence-electron chi connectivity index (χ3n) is 3.98. The highest BCUT2D eigenvalue weighted by Gasteiger charge is 2.67. The van der Waals surface area contributed by atoms with Crippen molar-refractivity contribution in [2.45, 2.75) is 19.6 Å². The fourth-order valence-electron chi connectivity index (χ4n) is 2.85. The molecule has 1 heterocycles. The SMILES string of the molecule is C[C@@H]1CN(Cc2ccccc2)C[C@@]1(C(=O)O)C(F)(F)F. The molecule has 1 aliphatic heterocycles. The van der Waals surface area contributed by atoms with Gasteiger partial charge in [-0.2, -0.15) is 13.2 Å². The molecule has 6 heteroatoms. The predicted molar refractivity (Wildman–Crippen MR) is 67.0 cm³/mol. The maximum absolute atomic E-state index is 13.2. The zero-order valence-electron chi connectivity index (χ0n) is 11.0. The monoisotopic (exact) mass is 287 g/mol. The Labute approximate surface area is 115 Å². The van der Waals surface area contributed by atoms with Crippen LogP contribution in [0.4, 0.5) is 13.2 Å². The molecule has 1 N–H and O–H groups in total. The molecule has 0 radical (unpaired) electrons. The minimum Gasteiger partial charge on any atom is -0.481 e. The Morgan fingerprint density at radius 1 is 1.40 bits per heavy atom. The van der Waals surface area contributed by atoms with Crippen molar-refractivity contribution in [1.29, 1.82) is 0 Å². The molecule has 0 aliphatic carbocycles. The molecule has 0 aromatic heterocycles. The van der Waals surface area contributed by atoms with Gasteiger partial charge >= 0.3 is 12.1 Å². The first-order chi connectivity index (χ1) is 9.27. The van der Waals surface area contributed by atoms with Crippen LogP contribution in [-0.2, 0) is 11.3 Å². The fraction of sp³-hybridized carbons (Fsp3) is 0.500. The van der Waals surface area contributed by atoms with Gasteiger partial charge in [0.1, 0.15) is 0 Å². The van der Waals surface area contributed by atoms with Gasteiger partial charge in [0, 0.05) is 19.6 Å². The molecule has 1 fully saturated rings. The Morgan fingerprint density at radius 2 is 2.00 bits per heavy atom. The lowest BCUT2D eigenvalue weighted by Gasteiger charge is -2.30. The molecule has 0 amide bonds. The molecule has 1 aliphatic rings. The summed E-state index contributed by atoms with van der Waals surface area (Å²) in [5, 5.41) is 9.11. The van der Waals surface area contributed by atoms with Gasteiger partial charge in [0.05, 0.1) is 0 Å². The quantitative estimate of drug-likeness (QED) is 0.929. The van der Waals surface area contributed by atoms with E-state index in [2.05, 4.69) is 0 Å². The van der Waals surface area contributed by atoms with Crippen molar-refractivity contribution in [2.24, 2.45) is 11.3 Å². The summed E-state index contributed by atoms with van der Waals surface area (Å²) in [5.74, 6) is -2.75. The number of likely N-dealkylation sites (tertiary alicyclic amines) is 1. The van der Waals surface area contributed by atoms with Crippen LogP contribution in [0.2, 0.25) is 0 Å². The Balaban J connectivity index is 2.21. The molecule has 1 aromatic carbocycles. The van der Waals surface area contributed by atoms with Crippen LogP contribution in [0, 0.1) is 11.3 Å². The number of nitrogens with zero attached hydrogens (tertiary/aromatic N) is 1. The summed E-state index contributed by atoms with van der Waals surface area (Å²) in [5.41, 5.74) is -1.79. The van der Waals surface area contributed by atoms with Gasteiger partial charge in [-0.3, -0.25) is 9.69 Å². The lowest BCUT2D eigenvalue weighted by atomic mass is 9.78. The van der Waals surface area contributed by atoms with Crippen LogP contribution in [0.5, 0.6) is 0 Å². The minimum atomic E-state index is -4.75. The van der Waals surface area contributed by atoms with E-state index in [-0.39, 0.29) is 6.54 Å². The highest BCUT2D eigenvalue weighted by molar-refractivity contribution is 5.77. The highest BCUT2D eigenvalue weighted by atomic mass is 19.4. The van der Waals surface area contributed by atoms with Crippen molar-refractivity contribution in [3.05, 3.63) is 35.9 Å². The van der Waals surface area contributed by atoms with Crippen molar-refractivity contribution in [2.75, 3.05) is 13.1 Å². The second-order valence-electron chi connectivity index (χ2n) is 5.33. The molecule has 0 unspecified atom stereocenters. The number of hydrogen-bond acceptors (Lipinski definition) is 2. The van der Waals surface area contributed by atoms with Crippen LogP contribution in [0.25, 0.3) is 0 Å². The van der Waals surface area contributed by atoms with E-state index in [0.717, 1.165) is 5.56 Å². The third kappa shape index (κ3) is 2.40. The molecular formula is C14H16F3NO2. The van der Waals surface area contributed by atoms with Crippen LogP contribution in [0.1, 0.15) is 12.5 Å². The fourth-order valence-corrected chi connectivity index (χ4v) is 2.85. The maximum atomic E-state index is 13.2. The number of hydrogen-bond donors (Lipinski definition) is 1. The summed E-state index contributed by atoms with van der Waals surface area (Å²) in [7, 11) is 0. The van der Waals surface area contributed by atoms with Gasteiger partial charge in [0.25, 0.3) is 0 Å². The Hall–Kier alpha value is -1.56. The lowest BCUT2D eigenvalue weighted by molar-refractivity contribution is -0.236. The molecule has 110 valence electrons. The summed E-state index contributed by atoms with van der Waals surface area (Å²) in [6, 6.07) is 9.08. The number of carboxylic acid groups (broad SMARTS) is 1. The number of halogens is 3. The van der Waals surface area contributed by atoms with E-state index in [1.165, 1.54) is 6.92 Å². The third-order valence-corrected chi connectivity index (χ3v) is 3.98. The van der Waals surface area contributed by atoms with Crippen molar-refractivity contribution in [3.63, 3.8) is 0 Å². The Morgan fingerprint density at radius 3 is 2.45 bits per heavy atom. The molecule has 0 bridgehead atoms. The normalized spacial score (nSPS) is 27.7. The Bertz CT molecular complexity index is 489. The number of rotatable bonds is 3. The molecular weight excluding hydrogens is 271 g/mol. The summed E-state index contributed by atoms with van der Waals surface area (Å²) in [6.45, 7) is 1.31. The molecule has 0 saturated carbocycles. The number of alkyl halides is 3. The second kappa shape index (κ2) is 5.09. The van der Waals surface area contributed by atoms with E-state index >= 15 is 0 Å². The lowest BCUT2D eigenvalue weighted by Crippen LogP contribution is -2.50. The minimum absolute atomic E-state index is 0.126. The summed E-state index contributed by atoms with van der Waals surface area (Å²) in [6.07, 6.45) is -4.75. The zero-order valence-corrected chi connectivity index (χ0v) is 11.0. The van der Waals surface area contributed by atoms with E-state index in [1.807, 2.05) is 30.3 Å². The van der Waals surface area contributed by atoms with Crippen molar-refractivity contribution in [1.82, 2.24) is 4.90 Å². The first-order valence-electron chi connectivity index (χ1n) is 6.34. The summed E-state index contributed by atoms with van der Waals surface area (Å²) < 4.78 is 39.7. The average molecular weight is 287 g/mol. The van der Waals surface area contributed by atoms with Gasteiger partial charge in [-0.1, -0.05) is 37.3 Å². The average Bonchev–Trinajstić information content (AvgIpc) is 2.67. The van der Waals surface area contributed by atoms with E-state index in [1.54, 1.807) is 4.90 Å². The van der Waals surface area contributed by atoms with Crippen LogP contribution in [0.3, 0.4) is 0 Å². The molecule has 0 spiro atoms. The number of carboxylic acids is 1. The van der Waals surface area contributed by atoms with Gasteiger partial charge in [-0.25, -0.2) is 0 Å². The van der Waals surface area contributed by atoms with Crippen LogP contribution < -0.4 is 0 Å². The van der Waals surface area contributed by atoms with Gasteiger partial charge in [0.2, 0.25) is 0 Å². The van der Waals surface area contributed by atoms with Gasteiger partial charge in [-0.05, 0) is 11.5 Å². The first kappa shape index (κ1) is 14.8. The molecule has 1 aromatic rings. The second-order valence-corrected chi connectivity index (χ2v) is 5.33. The first-order valence-corrected chi connectivity index (χ1v) is 6.34. The van der Waals surface area contributed by atoms with Gasteiger partial charge < -0.3 is 5.11 Å². The Kier molecular flexibility index (Phi) is 3.77. The molecule has 3 nitrogen and oxygen atoms in total. The topological polar surface area (TPSA) is 40.5 Å². The van der Waals surface area contributed by atoms with E-state index < -0.39 is 30.0 Å². The molecule has 1 saturated heterocycles. The van der Waals surface area contributed by atoms with E-state index in [9.17, 15) is 18.0 Å². The largest absolute Gasteiger partial charge is 0.481 e. The molecule has 2 atom stereocenters. The predicted octanol–water partition coefficient (Wildman–Crippen LogP) is 2.77. The highest BCUT2D eigenvalue weighted by Crippen LogP contribution is 2.49. The standard InChI is InChI=1S/C14H16F3NO2/c1-10-7-18(8-11-5-3-2-4-6-11)9-13(10,12(19)20)14(15,16)17/h2-6,10H,7-9H2,1H3,(H,19,20)/t10-,13-/m1/s1. The molecule has 20 heavy (non-hydrogen) atoms. The summed E-state index contributed by atoms with van der Waals surface area (Å²) >= 11 is 0. The zero-order chi connectivity index (χ0) is 15.0. The van der Waals surface area contributed by atoms with Gasteiger partial charge in [0.15, 0.2) is 5.41 Å². The molecule has 2 rings (SSSR count). The van der Waals surface area contributed by atoms with Crippen molar-refractivity contribution in [3.8, 4) is 0 Å². The van der Waals surface area contributed by atoms with Gasteiger partial charge in [-0.15, -0.1) is 0 Å². The summed E-state index contributed by atoms with van der Waals surface area (Å²) in [4.78, 5) is 12.8. The van der Waals surface area contributed by atoms with Crippen LogP contribution >= 0.6 is 0 Å².